The first-order valence-corrected chi connectivity index (χ1v) is 7.12. The molecule has 1 aliphatic heterocycles. The minimum Gasteiger partial charge on any atom is -0.394 e. The molecule has 2 N–H and O–H groups in total. The minimum atomic E-state index is -0.171. The Bertz CT molecular complexity index is 682. The first-order chi connectivity index (χ1) is 9.10. The van der Waals surface area contributed by atoms with E-state index in [2.05, 4.69) is 4.98 Å². The summed E-state index contributed by atoms with van der Waals surface area (Å²) in [6, 6.07) is 3.53. The van der Waals surface area contributed by atoms with Crippen LogP contribution >= 0.6 is 35.4 Å². The zero-order chi connectivity index (χ0) is 13.6. The van der Waals surface area contributed by atoms with Gasteiger partial charge in [0.25, 0.3) is 0 Å². The van der Waals surface area contributed by atoms with Gasteiger partial charge in [-0.25, -0.2) is 0 Å². The molecule has 102 valence electrons. The first kappa shape index (κ1) is 13.4. The zero-order valence-electron chi connectivity index (χ0n) is 9.90. The predicted octanol–water partition coefficient (Wildman–Crippen LogP) is 3.68. The maximum Gasteiger partial charge on any atom is 0.180 e. The van der Waals surface area contributed by atoms with E-state index in [-0.39, 0.29) is 18.9 Å². The molecule has 0 amide bonds. The van der Waals surface area contributed by atoms with Crippen molar-refractivity contribution in [2.75, 3.05) is 6.61 Å². The van der Waals surface area contributed by atoms with Crippen molar-refractivity contribution in [3.8, 4) is 0 Å². The zero-order valence-corrected chi connectivity index (χ0v) is 12.2. The van der Waals surface area contributed by atoms with Crippen LogP contribution in [-0.4, -0.2) is 27.4 Å². The molecule has 2 heterocycles. The summed E-state index contributed by atoms with van der Waals surface area (Å²) in [6.07, 6.45) is 1.33. The van der Waals surface area contributed by atoms with Gasteiger partial charge in [0.05, 0.1) is 33.8 Å². The molecule has 1 aliphatic rings. The SMILES string of the molecule is OC[C@@H]1CC[C@@H](n2c(=S)[nH]c3cc(Cl)c(Cl)cc32)O1. The second kappa shape index (κ2) is 5.07. The lowest BCUT2D eigenvalue weighted by molar-refractivity contribution is -0.0210. The van der Waals surface area contributed by atoms with Crippen LogP contribution in [0.2, 0.25) is 10.0 Å². The normalized spacial score (nSPS) is 23.3. The Morgan fingerprint density at radius 1 is 1.37 bits per heavy atom. The summed E-state index contributed by atoms with van der Waals surface area (Å²) in [7, 11) is 0. The molecular formula is C12H12Cl2N2O2S. The van der Waals surface area contributed by atoms with Gasteiger partial charge in [0.2, 0.25) is 0 Å². The summed E-state index contributed by atoms with van der Waals surface area (Å²) in [6.45, 7) is 0.0265. The van der Waals surface area contributed by atoms with Gasteiger partial charge < -0.3 is 14.8 Å². The molecule has 1 fully saturated rings. The minimum absolute atomic E-state index is 0.0265. The summed E-state index contributed by atoms with van der Waals surface area (Å²) >= 11 is 17.4. The smallest absolute Gasteiger partial charge is 0.180 e. The fourth-order valence-electron chi connectivity index (χ4n) is 2.42. The number of hydrogen-bond acceptors (Lipinski definition) is 3. The van der Waals surface area contributed by atoms with Gasteiger partial charge in [-0.3, -0.25) is 4.57 Å². The van der Waals surface area contributed by atoms with Crippen LogP contribution in [0.25, 0.3) is 11.0 Å². The lowest BCUT2D eigenvalue weighted by atomic mass is 10.2. The Kier molecular flexibility index (Phi) is 3.57. The monoisotopic (exact) mass is 318 g/mol. The Balaban J connectivity index is 2.11. The molecular weight excluding hydrogens is 307 g/mol. The number of rotatable bonds is 2. The number of aromatic nitrogens is 2. The number of aliphatic hydroxyl groups excluding tert-OH is 1. The average Bonchev–Trinajstić information content (AvgIpc) is 2.94. The van der Waals surface area contributed by atoms with Crippen molar-refractivity contribution >= 4 is 46.5 Å². The number of H-pyrrole nitrogens is 1. The number of benzene rings is 1. The number of nitrogens with one attached hydrogen (secondary N) is 1. The van der Waals surface area contributed by atoms with Gasteiger partial charge in [0, 0.05) is 0 Å². The van der Waals surface area contributed by atoms with Gasteiger partial charge in [-0.15, -0.1) is 0 Å². The molecule has 0 radical (unpaired) electrons. The maximum absolute atomic E-state index is 9.14. The van der Waals surface area contributed by atoms with E-state index in [9.17, 15) is 0 Å². The van der Waals surface area contributed by atoms with Gasteiger partial charge in [-0.1, -0.05) is 23.2 Å². The molecule has 0 aliphatic carbocycles. The van der Waals surface area contributed by atoms with Crippen molar-refractivity contribution in [2.45, 2.75) is 25.2 Å². The van der Waals surface area contributed by atoms with Gasteiger partial charge >= 0.3 is 0 Å². The number of halogens is 2. The van der Waals surface area contributed by atoms with Crippen molar-refractivity contribution < 1.29 is 9.84 Å². The molecule has 0 saturated carbocycles. The van der Waals surface area contributed by atoms with Gasteiger partial charge in [-0.2, -0.15) is 0 Å². The van der Waals surface area contributed by atoms with Crippen molar-refractivity contribution in [2.24, 2.45) is 0 Å². The summed E-state index contributed by atoms with van der Waals surface area (Å²) in [5, 5.41) is 10.1. The number of aliphatic hydroxyl groups is 1. The highest BCUT2D eigenvalue weighted by molar-refractivity contribution is 7.71. The Labute approximate surface area is 124 Å². The summed E-state index contributed by atoms with van der Waals surface area (Å²) < 4.78 is 8.22. The lowest BCUT2D eigenvalue weighted by Crippen LogP contribution is -2.14. The molecule has 2 atom stereocenters. The number of hydrogen-bond donors (Lipinski definition) is 2. The highest BCUT2D eigenvalue weighted by atomic mass is 35.5. The van der Waals surface area contributed by atoms with E-state index in [0.29, 0.717) is 14.8 Å². The fourth-order valence-corrected chi connectivity index (χ4v) is 3.06. The molecule has 2 aromatic rings. The fraction of sp³-hybridized carbons (Fsp3) is 0.417. The molecule has 19 heavy (non-hydrogen) atoms. The second-order valence-corrected chi connectivity index (χ2v) is 5.76. The Hall–Kier alpha value is -0.590. The van der Waals surface area contributed by atoms with Crippen LogP contribution in [0.15, 0.2) is 12.1 Å². The van der Waals surface area contributed by atoms with Crippen molar-refractivity contribution in [3.63, 3.8) is 0 Å². The van der Waals surface area contributed by atoms with E-state index >= 15 is 0 Å². The highest BCUT2D eigenvalue weighted by Crippen LogP contribution is 2.34. The van der Waals surface area contributed by atoms with E-state index in [0.717, 1.165) is 23.9 Å². The van der Waals surface area contributed by atoms with Crippen LogP contribution in [-0.2, 0) is 4.74 Å². The third-order valence-electron chi connectivity index (χ3n) is 3.34. The Morgan fingerprint density at radius 2 is 2.11 bits per heavy atom. The predicted molar refractivity (Wildman–Crippen MR) is 77.4 cm³/mol. The van der Waals surface area contributed by atoms with Crippen LogP contribution in [0.4, 0.5) is 0 Å². The molecule has 1 aromatic carbocycles. The molecule has 0 unspecified atom stereocenters. The maximum atomic E-state index is 9.14. The van der Waals surface area contributed by atoms with Gasteiger partial charge in [0.1, 0.15) is 6.23 Å². The molecule has 4 nitrogen and oxygen atoms in total. The lowest BCUT2D eigenvalue weighted by Gasteiger charge is -2.14. The van der Waals surface area contributed by atoms with Gasteiger partial charge in [-0.05, 0) is 37.2 Å². The van der Waals surface area contributed by atoms with Crippen molar-refractivity contribution in [1.29, 1.82) is 0 Å². The third kappa shape index (κ3) is 2.30. The number of fused-ring (bicyclic) bond motifs is 1. The molecule has 0 bridgehead atoms. The van der Waals surface area contributed by atoms with Crippen molar-refractivity contribution in [1.82, 2.24) is 9.55 Å². The molecule has 7 heteroatoms. The number of nitrogens with zero attached hydrogens (tertiary/aromatic N) is 1. The summed E-state index contributed by atoms with van der Waals surface area (Å²) in [4.78, 5) is 3.10. The van der Waals surface area contributed by atoms with E-state index in [1.54, 1.807) is 12.1 Å². The average molecular weight is 319 g/mol. The third-order valence-corrected chi connectivity index (χ3v) is 4.36. The topological polar surface area (TPSA) is 50.2 Å². The standard InChI is InChI=1S/C12H12Cl2N2O2S/c13-7-3-9-10(4-8(7)14)16(12(19)15-9)11-2-1-6(5-17)18-11/h3-4,6,11,17H,1-2,5H2,(H,15,19)/t6-,11-/m0/s1. The van der Waals surface area contributed by atoms with Crippen LogP contribution < -0.4 is 0 Å². The van der Waals surface area contributed by atoms with E-state index < -0.39 is 0 Å². The molecule has 3 rings (SSSR count). The molecule has 1 aromatic heterocycles. The van der Waals surface area contributed by atoms with Crippen molar-refractivity contribution in [3.05, 3.63) is 26.9 Å². The largest absolute Gasteiger partial charge is 0.394 e. The van der Waals surface area contributed by atoms with Crippen LogP contribution in [0.5, 0.6) is 0 Å². The highest BCUT2D eigenvalue weighted by Gasteiger charge is 2.27. The van der Waals surface area contributed by atoms with E-state index in [4.69, 9.17) is 45.3 Å². The Morgan fingerprint density at radius 3 is 2.79 bits per heavy atom. The van der Waals surface area contributed by atoms with Crippen LogP contribution in [0.3, 0.4) is 0 Å². The van der Waals surface area contributed by atoms with Crippen LogP contribution in [0.1, 0.15) is 19.1 Å². The summed E-state index contributed by atoms with van der Waals surface area (Å²) in [5.74, 6) is 0. The van der Waals surface area contributed by atoms with E-state index in [1.165, 1.54) is 0 Å². The quantitative estimate of drug-likeness (QED) is 0.830. The van der Waals surface area contributed by atoms with Crippen LogP contribution in [0, 0.1) is 4.77 Å². The number of imidazole rings is 1. The summed E-state index contributed by atoms with van der Waals surface area (Å²) in [5.41, 5.74) is 1.69. The molecule has 1 saturated heterocycles. The number of aromatic amines is 1. The van der Waals surface area contributed by atoms with E-state index in [1.807, 2.05) is 4.57 Å². The first-order valence-electron chi connectivity index (χ1n) is 5.95. The van der Waals surface area contributed by atoms with Gasteiger partial charge in [0.15, 0.2) is 4.77 Å². The molecule has 0 spiro atoms. The number of ether oxygens (including phenoxy) is 1. The second-order valence-electron chi connectivity index (χ2n) is 4.56.